The van der Waals surface area contributed by atoms with Crippen LogP contribution >= 0.6 is 15.9 Å². The lowest BCUT2D eigenvalue weighted by atomic mass is 10.1. The fraction of sp³-hybridized carbons (Fsp3) is 0.160. The average molecular weight is 506 g/mol. The molecule has 0 aliphatic rings. The van der Waals surface area contributed by atoms with E-state index in [0.717, 1.165) is 10.0 Å². The van der Waals surface area contributed by atoms with E-state index in [2.05, 4.69) is 15.9 Å². The van der Waals surface area contributed by atoms with Crippen LogP contribution in [-0.4, -0.2) is 26.2 Å². The molecule has 0 aliphatic heterocycles. The van der Waals surface area contributed by atoms with E-state index in [4.69, 9.17) is 23.5 Å². The van der Waals surface area contributed by atoms with Crippen molar-refractivity contribution in [2.45, 2.75) is 26.4 Å². The minimum absolute atomic E-state index is 0.454. The van der Waals surface area contributed by atoms with Crippen molar-refractivity contribution in [1.82, 2.24) is 14.5 Å². The Kier molecular flexibility index (Phi) is 5.17. The van der Waals surface area contributed by atoms with Gasteiger partial charge in [0.05, 0.1) is 29.3 Å². The molecule has 4 aromatic heterocycles. The Morgan fingerprint density at radius 1 is 0.939 bits per heavy atom. The molecule has 5 rings (SSSR count). The van der Waals surface area contributed by atoms with Gasteiger partial charge in [0, 0.05) is 16.2 Å². The van der Waals surface area contributed by atoms with Gasteiger partial charge in [-0.1, -0.05) is 15.9 Å². The van der Waals surface area contributed by atoms with E-state index in [-0.39, 0.29) is 0 Å². The third-order valence-corrected chi connectivity index (χ3v) is 5.53. The van der Waals surface area contributed by atoms with Gasteiger partial charge in [-0.3, -0.25) is 4.57 Å². The van der Waals surface area contributed by atoms with Crippen molar-refractivity contribution in [2.24, 2.45) is 0 Å². The minimum Gasteiger partial charge on any atom is -0.463 e. The molecular formula is C25H20BrN3O4. The van der Waals surface area contributed by atoms with Crippen molar-refractivity contribution in [3.63, 3.8) is 0 Å². The number of carbonyl (C=O) groups excluding carboxylic acids is 1. The van der Waals surface area contributed by atoms with Gasteiger partial charge in [-0.2, -0.15) is 0 Å². The Morgan fingerprint density at radius 3 is 2.09 bits per heavy atom. The predicted molar refractivity (Wildman–Crippen MR) is 128 cm³/mol. The highest BCUT2D eigenvalue weighted by Gasteiger charge is 2.22. The molecule has 0 unspecified atom stereocenters. The number of ether oxygens (including phenoxy) is 1. The molecule has 0 bridgehead atoms. The molecule has 0 spiro atoms. The van der Waals surface area contributed by atoms with Crippen LogP contribution in [0.5, 0.6) is 0 Å². The highest BCUT2D eigenvalue weighted by Crippen LogP contribution is 2.36. The lowest BCUT2D eigenvalue weighted by Crippen LogP contribution is -2.27. The second kappa shape index (κ2) is 8.04. The second-order valence-corrected chi connectivity index (χ2v) is 9.29. The van der Waals surface area contributed by atoms with Crippen molar-refractivity contribution >= 4 is 33.1 Å². The Bertz CT molecular complexity index is 1450. The third kappa shape index (κ3) is 4.09. The monoisotopic (exact) mass is 505 g/mol. The van der Waals surface area contributed by atoms with Crippen molar-refractivity contribution in [3.05, 3.63) is 71.7 Å². The smallest absolute Gasteiger partial charge is 0.418 e. The standard InChI is InChI=1S/C25H20BrN3O4/c1-25(2,3)33-24(30)29-10-4-7-19(29)15-13-17-18(14-16(15)26)28-23(21-9-6-12-32-21)22(27-17)20-8-5-11-31-20/h4-14H,1-3H3. The van der Waals surface area contributed by atoms with Gasteiger partial charge in [-0.15, -0.1) is 0 Å². The van der Waals surface area contributed by atoms with E-state index < -0.39 is 11.7 Å². The Balaban J connectivity index is 1.67. The average Bonchev–Trinajstić information content (AvgIpc) is 3.54. The fourth-order valence-corrected chi connectivity index (χ4v) is 4.05. The summed E-state index contributed by atoms with van der Waals surface area (Å²) in [6.45, 7) is 5.51. The molecule has 0 radical (unpaired) electrons. The van der Waals surface area contributed by atoms with Crippen LogP contribution in [0.1, 0.15) is 20.8 Å². The van der Waals surface area contributed by atoms with E-state index in [1.54, 1.807) is 36.9 Å². The van der Waals surface area contributed by atoms with Gasteiger partial charge in [0.25, 0.3) is 0 Å². The van der Waals surface area contributed by atoms with Crippen molar-refractivity contribution in [1.29, 1.82) is 0 Å². The first kappa shape index (κ1) is 21.2. The van der Waals surface area contributed by atoms with Gasteiger partial charge in [0.1, 0.15) is 17.0 Å². The highest BCUT2D eigenvalue weighted by molar-refractivity contribution is 9.10. The molecule has 7 nitrogen and oxygen atoms in total. The molecule has 0 fully saturated rings. The van der Waals surface area contributed by atoms with Crippen LogP contribution in [0.25, 0.3) is 45.2 Å². The molecule has 0 saturated carbocycles. The number of furan rings is 2. The van der Waals surface area contributed by atoms with Crippen LogP contribution in [0, 0.1) is 0 Å². The molecule has 33 heavy (non-hydrogen) atoms. The van der Waals surface area contributed by atoms with Crippen LogP contribution in [0.15, 0.2) is 80.6 Å². The molecule has 0 aliphatic carbocycles. The Morgan fingerprint density at radius 2 is 1.55 bits per heavy atom. The number of carbonyl (C=O) groups is 1. The molecule has 4 heterocycles. The molecule has 8 heteroatoms. The Hall–Kier alpha value is -3.65. The minimum atomic E-state index is -0.606. The zero-order chi connectivity index (χ0) is 23.2. The maximum atomic E-state index is 12.8. The first-order valence-corrected chi connectivity index (χ1v) is 11.1. The number of halogens is 1. The lowest BCUT2D eigenvalue weighted by molar-refractivity contribution is 0.0540. The third-order valence-electron chi connectivity index (χ3n) is 4.88. The number of nitrogens with zero attached hydrogens (tertiary/aromatic N) is 3. The summed E-state index contributed by atoms with van der Waals surface area (Å²) >= 11 is 3.64. The van der Waals surface area contributed by atoms with Gasteiger partial charge in [-0.25, -0.2) is 14.8 Å². The van der Waals surface area contributed by atoms with Crippen molar-refractivity contribution in [3.8, 4) is 34.2 Å². The van der Waals surface area contributed by atoms with Crippen molar-refractivity contribution in [2.75, 3.05) is 0 Å². The summed E-state index contributed by atoms with van der Waals surface area (Å²) < 4.78 is 19.0. The number of hydrogen-bond acceptors (Lipinski definition) is 6. The van der Waals surface area contributed by atoms with Crippen molar-refractivity contribution < 1.29 is 18.4 Å². The normalized spacial score (nSPS) is 11.8. The zero-order valence-corrected chi connectivity index (χ0v) is 19.8. The van der Waals surface area contributed by atoms with E-state index in [1.807, 2.05) is 51.1 Å². The summed E-state index contributed by atoms with van der Waals surface area (Å²) in [6, 6.07) is 14.7. The number of aromatic nitrogens is 3. The first-order valence-electron chi connectivity index (χ1n) is 10.3. The highest BCUT2D eigenvalue weighted by atomic mass is 79.9. The predicted octanol–water partition coefficient (Wildman–Crippen LogP) is 7.16. The number of hydrogen-bond donors (Lipinski definition) is 0. The summed E-state index contributed by atoms with van der Waals surface area (Å²) in [5, 5.41) is 0. The largest absolute Gasteiger partial charge is 0.463 e. The van der Waals surface area contributed by atoms with Crippen LogP contribution in [0.3, 0.4) is 0 Å². The molecule has 1 aromatic carbocycles. The van der Waals surface area contributed by atoms with Gasteiger partial charge >= 0.3 is 6.09 Å². The maximum absolute atomic E-state index is 12.8. The van der Waals surface area contributed by atoms with Gasteiger partial charge in [0.2, 0.25) is 0 Å². The van der Waals surface area contributed by atoms with E-state index in [9.17, 15) is 4.79 Å². The van der Waals surface area contributed by atoms with E-state index >= 15 is 0 Å². The maximum Gasteiger partial charge on any atom is 0.418 e. The Labute approximate surface area is 198 Å². The number of rotatable bonds is 3. The summed E-state index contributed by atoms with van der Waals surface area (Å²) in [6.07, 6.45) is 4.41. The molecule has 0 saturated heterocycles. The van der Waals surface area contributed by atoms with Gasteiger partial charge in [-0.05, 0) is 69.3 Å². The topological polar surface area (TPSA) is 83.3 Å². The number of fused-ring (bicyclic) bond motifs is 1. The summed E-state index contributed by atoms with van der Waals surface area (Å²) in [5.74, 6) is 1.17. The molecule has 166 valence electrons. The molecular weight excluding hydrogens is 486 g/mol. The van der Waals surface area contributed by atoms with Gasteiger partial charge < -0.3 is 13.6 Å². The number of benzene rings is 1. The summed E-state index contributed by atoms with van der Waals surface area (Å²) in [7, 11) is 0. The first-order chi connectivity index (χ1) is 15.8. The van der Waals surface area contributed by atoms with E-state index in [0.29, 0.717) is 39.6 Å². The second-order valence-electron chi connectivity index (χ2n) is 8.44. The quantitative estimate of drug-likeness (QED) is 0.258. The molecule has 0 amide bonds. The van der Waals surface area contributed by atoms with Crippen LogP contribution in [0.4, 0.5) is 4.79 Å². The van der Waals surface area contributed by atoms with Crippen LogP contribution < -0.4 is 0 Å². The fourth-order valence-electron chi connectivity index (χ4n) is 3.51. The SMILES string of the molecule is CC(C)(C)OC(=O)n1cccc1-c1cc2nc(-c3ccco3)c(-c3ccco3)nc2cc1Br. The zero-order valence-electron chi connectivity index (χ0n) is 18.2. The molecule has 5 aromatic rings. The van der Waals surface area contributed by atoms with Crippen LogP contribution in [-0.2, 0) is 4.74 Å². The summed E-state index contributed by atoms with van der Waals surface area (Å²) in [5.41, 5.74) is 3.32. The van der Waals surface area contributed by atoms with E-state index in [1.165, 1.54) is 4.57 Å². The summed E-state index contributed by atoms with van der Waals surface area (Å²) in [4.78, 5) is 22.4. The lowest BCUT2D eigenvalue weighted by Gasteiger charge is -2.20. The van der Waals surface area contributed by atoms with Crippen LogP contribution in [0.2, 0.25) is 0 Å². The molecule has 0 atom stereocenters. The van der Waals surface area contributed by atoms with Gasteiger partial charge in [0.15, 0.2) is 11.5 Å². The molecule has 0 N–H and O–H groups in total.